The summed E-state index contributed by atoms with van der Waals surface area (Å²) in [6.07, 6.45) is 5.41. The van der Waals surface area contributed by atoms with Crippen LogP contribution in [-0.2, 0) is 0 Å². The van der Waals surface area contributed by atoms with Crippen molar-refractivity contribution < 1.29 is 14.3 Å². The third kappa shape index (κ3) is 4.76. The highest BCUT2D eigenvalue weighted by Crippen LogP contribution is 2.40. The molecular weight excluding hydrogens is 506 g/mol. The summed E-state index contributed by atoms with van der Waals surface area (Å²) < 4.78 is 13.3. The highest BCUT2D eigenvalue weighted by Gasteiger charge is 2.31. The number of fused-ring (bicyclic) bond motifs is 1. The highest BCUT2D eigenvalue weighted by atomic mass is 16.5. The number of carbonyl (C=O) groups excluding carboxylic acids is 1. The fraction of sp³-hybridized carbons (Fsp3) is 0.300. The maximum absolute atomic E-state index is 13.9. The average Bonchev–Trinajstić information content (AvgIpc) is 3.70. The summed E-state index contributed by atoms with van der Waals surface area (Å²) in [5.41, 5.74) is 2.47. The summed E-state index contributed by atoms with van der Waals surface area (Å²) in [5, 5.41) is 24.8. The van der Waals surface area contributed by atoms with Gasteiger partial charge in [0.05, 0.1) is 37.2 Å². The number of ether oxygens (including phenoxy) is 2. The third-order valence-electron chi connectivity index (χ3n) is 7.67. The second kappa shape index (κ2) is 11.2. The molecule has 5 aromatic rings. The van der Waals surface area contributed by atoms with Gasteiger partial charge in [-0.2, -0.15) is 10.3 Å². The number of hydrogen-bond acceptors (Lipinski definition) is 7. The summed E-state index contributed by atoms with van der Waals surface area (Å²) in [7, 11) is 3.23. The summed E-state index contributed by atoms with van der Waals surface area (Å²) in [5.74, 6) is 1.62. The molecule has 1 amide bonds. The van der Waals surface area contributed by atoms with Crippen molar-refractivity contribution in [2.45, 2.75) is 38.1 Å². The first-order chi connectivity index (χ1) is 19.7. The standard InChI is InChI=1S/C30H31N7O3/c1-39-25-16-9-17-26(40-2)27(25)24-18-22(34-37(24)23-15-8-13-19-10-6-7-14-21(19)23)30(38)31-28(29-32-35-36-33-29)20-11-4-3-5-12-20/h6-10,13-18,20,28H,3-5,11-12H2,1-2H3,(H,31,38)(H,32,33,35,36). The van der Waals surface area contributed by atoms with Crippen LogP contribution in [0.1, 0.15) is 54.5 Å². The van der Waals surface area contributed by atoms with E-state index in [0.29, 0.717) is 28.6 Å². The molecule has 10 heteroatoms. The first kappa shape index (κ1) is 25.5. The first-order valence-corrected chi connectivity index (χ1v) is 13.5. The van der Waals surface area contributed by atoms with Gasteiger partial charge in [0, 0.05) is 5.39 Å². The zero-order chi connectivity index (χ0) is 27.5. The highest BCUT2D eigenvalue weighted by molar-refractivity contribution is 5.96. The van der Waals surface area contributed by atoms with Crippen molar-refractivity contribution in [1.29, 1.82) is 0 Å². The molecule has 0 spiro atoms. The van der Waals surface area contributed by atoms with E-state index < -0.39 is 0 Å². The van der Waals surface area contributed by atoms with Gasteiger partial charge in [-0.05, 0) is 48.4 Å². The number of rotatable bonds is 8. The topological polar surface area (TPSA) is 120 Å². The summed E-state index contributed by atoms with van der Waals surface area (Å²) >= 11 is 0. The molecular formula is C30H31N7O3. The van der Waals surface area contributed by atoms with E-state index in [1.165, 1.54) is 6.42 Å². The molecule has 6 rings (SSSR count). The van der Waals surface area contributed by atoms with E-state index in [2.05, 4.69) is 38.1 Å². The molecule has 1 aliphatic rings. The van der Waals surface area contributed by atoms with Crippen molar-refractivity contribution in [2.75, 3.05) is 14.2 Å². The quantitative estimate of drug-likeness (QED) is 0.277. The molecule has 0 radical (unpaired) electrons. The number of carbonyl (C=O) groups is 1. The molecule has 204 valence electrons. The van der Waals surface area contributed by atoms with Crippen LogP contribution in [0.4, 0.5) is 0 Å². The van der Waals surface area contributed by atoms with Crippen molar-refractivity contribution in [2.24, 2.45) is 5.92 Å². The summed E-state index contributed by atoms with van der Waals surface area (Å²) in [6, 6.07) is 21.2. The van der Waals surface area contributed by atoms with Crippen molar-refractivity contribution >= 4 is 16.7 Å². The Balaban J connectivity index is 1.48. The number of aromatic amines is 1. The Morgan fingerprint density at radius 2 is 1.70 bits per heavy atom. The van der Waals surface area contributed by atoms with Gasteiger partial charge in [-0.15, -0.1) is 10.2 Å². The zero-order valence-corrected chi connectivity index (χ0v) is 22.5. The number of amides is 1. The van der Waals surface area contributed by atoms with Crippen LogP contribution in [0.15, 0.2) is 66.7 Å². The Labute approximate surface area is 231 Å². The predicted molar refractivity (Wildman–Crippen MR) is 151 cm³/mol. The monoisotopic (exact) mass is 537 g/mol. The summed E-state index contributed by atoms with van der Waals surface area (Å²) in [6.45, 7) is 0. The molecule has 1 aliphatic carbocycles. The Bertz CT molecular complexity index is 1600. The zero-order valence-electron chi connectivity index (χ0n) is 22.5. The molecule has 0 saturated heterocycles. The smallest absolute Gasteiger partial charge is 0.272 e. The molecule has 40 heavy (non-hydrogen) atoms. The van der Waals surface area contributed by atoms with Crippen LogP contribution in [0.25, 0.3) is 27.7 Å². The molecule has 2 N–H and O–H groups in total. The molecule has 2 aromatic heterocycles. The van der Waals surface area contributed by atoms with Crippen LogP contribution >= 0.6 is 0 Å². The molecule has 1 atom stereocenters. The van der Waals surface area contributed by atoms with Crippen LogP contribution in [0.2, 0.25) is 0 Å². The van der Waals surface area contributed by atoms with Crippen LogP contribution in [0, 0.1) is 5.92 Å². The van der Waals surface area contributed by atoms with Crippen molar-refractivity contribution in [3.05, 3.63) is 78.2 Å². The van der Waals surface area contributed by atoms with Crippen molar-refractivity contribution in [1.82, 2.24) is 35.7 Å². The minimum atomic E-state index is -0.362. The van der Waals surface area contributed by atoms with Crippen LogP contribution in [-0.4, -0.2) is 50.5 Å². The Hall–Kier alpha value is -4.73. The lowest BCUT2D eigenvalue weighted by Crippen LogP contribution is -2.35. The number of nitrogens with one attached hydrogen (secondary N) is 2. The Kier molecular flexibility index (Phi) is 7.13. The first-order valence-electron chi connectivity index (χ1n) is 13.5. The van der Waals surface area contributed by atoms with Crippen molar-refractivity contribution in [3.8, 4) is 28.4 Å². The predicted octanol–water partition coefficient (Wildman–Crippen LogP) is 5.27. The lowest BCUT2D eigenvalue weighted by Gasteiger charge is -2.28. The second-order valence-corrected chi connectivity index (χ2v) is 9.98. The van der Waals surface area contributed by atoms with Gasteiger partial charge in [-0.1, -0.05) is 66.9 Å². The van der Waals surface area contributed by atoms with E-state index in [1.807, 2.05) is 48.5 Å². The number of aromatic nitrogens is 6. The SMILES string of the molecule is COc1cccc(OC)c1-c1cc(C(=O)NC(c2nn[nH]n2)C2CCCCC2)nn1-c1cccc2ccccc12. The number of H-pyrrole nitrogens is 1. The molecule has 3 aromatic carbocycles. The van der Waals surface area contributed by atoms with Gasteiger partial charge in [-0.3, -0.25) is 4.79 Å². The van der Waals surface area contributed by atoms with E-state index in [4.69, 9.17) is 14.6 Å². The second-order valence-electron chi connectivity index (χ2n) is 9.98. The minimum Gasteiger partial charge on any atom is -0.496 e. The summed E-state index contributed by atoms with van der Waals surface area (Å²) in [4.78, 5) is 13.9. The van der Waals surface area contributed by atoms with Gasteiger partial charge in [0.1, 0.15) is 11.5 Å². The fourth-order valence-electron chi connectivity index (χ4n) is 5.73. The van der Waals surface area contributed by atoms with Crippen LogP contribution in [0.3, 0.4) is 0 Å². The molecule has 2 heterocycles. The lowest BCUT2D eigenvalue weighted by atomic mass is 9.83. The number of hydrogen-bond donors (Lipinski definition) is 2. The van der Waals surface area contributed by atoms with Crippen LogP contribution < -0.4 is 14.8 Å². The van der Waals surface area contributed by atoms with Gasteiger partial charge >= 0.3 is 0 Å². The van der Waals surface area contributed by atoms with E-state index in [1.54, 1.807) is 25.0 Å². The maximum Gasteiger partial charge on any atom is 0.272 e. The lowest BCUT2D eigenvalue weighted by molar-refractivity contribution is 0.0903. The number of nitrogens with zero attached hydrogens (tertiary/aromatic N) is 5. The Morgan fingerprint density at radius 1 is 0.975 bits per heavy atom. The van der Waals surface area contributed by atoms with E-state index in [-0.39, 0.29) is 23.6 Å². The maximum atomic E-state index is 13.9. The minimum absolute atomic E-state index is 0.226. The van der Waals surface area contributed by atoms with Gasteiger partial charge in [0.25, 0.3) is 5.91 Å². The number of tetrazole rings is 1. The van der Waals surface area contributed by atoms with E-state index in [9.17, 15) is 4.79 Å². The molecule has 1 unspecified atom stereocenters. The average molecular weight is 538 g/mol. The number of methoxy groups -OCH3 is 2. The van der Waals surface area contributed by atoms with Crippen molar-refractivity contribution in [3.63, 3.8) is 0 Å². The normalized spacial score (nSPS) is 14.7. The van der Waals surface area contributed by atoms with E-state index in [0.717, 1.165) is 42.1 Å². The van der Waals surface area contributed by atoms with Gasteiger partial charge in [-0.25, -0.2) is 4.68 Å². The number of benzene rings is 3. The Morgan fingerprint density at radius 3 is 2.42 bits per heavy atom. The molecule has 0 aliphatic heterocycles. The molecule has 1 fully saturated rings. The van der Waals surface area contributed by atoms with Gasteiger partial charge in [0.15, 0.2) is 11.5 Å². The molecule has 0 bridgehead atoms. The largest absolute Gasteiger partial charge is 0.496 e. The van der Waals surface area contributed by atoms with Crippen LogP contribution in [0.5, 0.6) is 11.5 Å². The molecule has 10 nitrogen and oxygen atoms in total. The molecule has 1 saturated carbocycles. The fourth-order valence-corrected chi connectivity index (χ4v) is 5.73. The van der Waals surface area contributed by atoms with Gasteiger partial charge < -0.3 is 14.8 Å². The van der Waals surface area contributed by atoms with E-state index >= 15 is 0 Å². The third-order valence-corrected chi connectivity index (χ3v) is 7.67. The van der Waals surface area contributed by atoms with Gasteiger partial charge in [0.2, 0.25) is 0 Å².